The van der Waals surface area contributed by atoms with Gasteiger partial charge in [0.1, 0.15) is 5.82 Å². The molecule has 108 valence electrons. The number of hydrogen-bond donors (Lipinski definition) is 2. The van der Waals surface area contributed by atoms with E-state index in [-0.39, 0.29) is 17.7 Å². The predicted molar refractivity (Wildman–Crippen MR) is 73.9 cm³/mol. The van der Waals surface area contributed by atoms with Gasteiger partial charge in [0.15, 0.2) is 0 Å². The van der Waals surface area contributed by atoms with Crippen molar-refractivity contribution in [3.63, 3.8) is 0 Å². The number of anilines is 1. The lowest BCUT2D eigenvalue weighted by atomic mass is 10.0. The van der Waals surface area contributed by atoms with E-state index in [1.807, 2.05) is 0 Å². The fourth-order valence-corrected chi connectivity index (χ4v) is 2.86. The van der Waals surface area contributed by atoms with Crippen LogP contribution in [0.4, 0.5) is 10.1 Å². The van der Waals surface area contributed by atoms with Crippen molar-refractivity contribution in [2.24, 2.45) is 5.92 Å². The quantitative estimate of drug-likeness (QED) is 0.831. The molecule has 1 aromatic rings. The molecule has 0 radical (unpaired) electrons. The molecular weight excluding hydrogens is 259 g/mol. The average Bonchev–Trinajstić information content (AvgIpc) is 3.14. The first-order chi connectivity index (χ1) is 9.56. The monoisotopic (exact) mass is 278 g/mol. The van der Waals surface area contributed by atoms with Crippen LogP contribution in [0.3, 0.4) is 0 Å². The lowest BCUT2D eigenvalue weighted by molar-refractivity contribution is 0.0727. The Hall–Kier alpha value is -1.62. The maximum absolute atomic E-state index is 14.0. The highest BCUT2D eigenvalue weighted by molar-refractivity contribution is 5.95. The van der Waals surface area contributed by atoms with Crippen molar-refractivity contribution in [2.75, 3.05) is 12.3 Å². The van der Waals surface area contributed by atoms with E-state index in [0.29, 0.717) is 23.8 Å². The minimum Gasteiger partial charge on any atom is -0.399 e. The second-order valence-corrected chi connectivity index (χ2v) is 5.74. The summed E-state index contributed by atoms with van der Waals surface area (Å²) in [6.07, 6.45) is 3.19. The van der Waals surface area contributed by atoms with Gasteiger partial charge in [0, 0.05) is 12.3 Å². The normalized spacial score (nSPS) is 25.7. The number of carbonyl (C=O) groups excluding carboxylic acids is 1. The number of ether oxygens (including phenoxy) is 1. The van der Waals surface area contributed by atoms with Gasteiger partial charge in [0.05, 0.1) is 17.7 Å². The molecule has 2 fully saturated rings. The van der Waals surface area contributed by atoms with Crippen molar-refractivity contribution >= 4 is 11.6 Å². The van der Waals surface area contributed by atoms with E-state index >= 15 is 0 Å². The Morgan fingerprint density at radius 2 is 2.15 bits per heavy atom. The zero-order chi connectivity index (χ0) is 14.3. The summed E-state index contributed by atoms with van der Waals surface area (Å²) in [6, 6.07) is 2.90. The zero-order valence-electron chi connectivity index (χ0n) is 11.5. The molecule has 1 aromatic carbocycles. The van der Waals surface area contributed by atoms with Gasteiger partial charge in [-0.05, 0) is 49.8 Å². The van der Waals surface area contributed by atoms with Gasteiger partial charge in [0.25, 0.3) is 5.91 Å². The fraction of sp³-hybridized carbons (Fsp3) is 0.533. The van der Waals surface area contributed by atoms with E-state index in [1.165, 1.54) is 12.1 Å². The molecule has 1 saturated heterocycles. The Balaban J connectivity index is 1.76. The highest BCUT2D eigenvalue weighted by Crippen LogP contribution is 2.38. The molecule has 1 saturated carbocycles. The molecule has 2 unspecified atom stereocenters. The highest BCUT2D eigenvalue weighted by atomic mass is 19.1. The molecule has 20 heavy (non-hydrogen) atoms. The molecule has 3 N–H and O–H groups in total. The third-order valence-corrected chi connectivity index (χ3v) is 4.06. The van der Waals surface area contributed by atoms with Crippen LogP contribution in [0, 0.1) is 18.7 Å². The maximum Gasteiger partial charge on any atom is 0.254 e. The van der Waals surface area contributed by atoms with Crippen molar-refractivity contribution < 1.29 is 13.9 Å². The van der Waals surface area contributed by atoms with Crippen LogP contribution in [0.1, 0.15) is 35.2 Å². The summed E-state index contributed by atoms with van der Waals surface area (Å²) in [7, 11) is 0. The van der Waals surface area contributed by atoms with Gasteiger partial charge in [0.2, 0.25) is 0 Å². The van der Waals surface area contributed by atoms with Crippen LogP contribution < -0.4 is 11.1 Å². The maximum atomic E-state index is 14.0. The molecule has 4 nitrogen and oxygen atoms in total. The smallest absolute Gasteiger partial charge is 0.254 e. The van der Waals surface area contributed by atoms with E-state index in [2.05, 4.69) is 5.32 Å². The van der Waals surface area contributed by atoms with E-state index in [9.17, 15) is 9.18 Å². The van der Waals surface area contributed by atoms with Gasteiger partial charge in [-0.2, -0.15) is 0 Å². The number of hydrogen-bond acceptors (Lipinski definition) is 3. The van der Waals surface area contributed by atoms with Crippen molar-refractivity contribution in [1.82, 2.24) is 5.32 Å². The van der Waals surface area contributed by atoms with Gasteiger partial charge in [-0.15, -0.1) is 0 Å². The molecule has 0 bridgehead atoms. The molecule has 3 rings (SSSR count). The number of nitrogen functional groups attached to an aromatic ring is 1. The van der Waals surface area contributed by atoms with Crippen LogP contribution in [0.25, 0.3) is 0 Å². The summed E-state index contributed by atoms with van der Waals surface area (Å²) >= 11 is 0. The van der Waals surface area contributed by atoms with E-state index in [1.54, 1.807) is 6.92 Å². The van der Waals surface area contributed by atoms with E-state index in [0.717, 1.165) is 19.3 Å². The van der Waals surface area contributed by atoms with Gasteiger partial charge in [-0.3, -0.25) is 4.79 Å². The topological polar surface area (TPSA) is 64.4 Å². The van der Waals surface area contributed by atoms with Gasteiger partial charge in [-0.25, -0.2) is 4.39 Å². The highest BCUT2D eigenvalue weighted by Gasteiger charge is 2.41. The number of rotatable bonds is 3. The van der Waals surface area contributed by atoms with Crippen LogP contribution in [-0.2, 0) is 4.74 Å². The minimum atomic E-state index is -0.501. The zero-order valence-corrected chi connectivity index (χ0v) is 11.5. The number of aryl methyl sites for hydroxylation is 1. The second-order valence-electron chi connectivity index (χ2n) is 5.74. The van der Waals surface area contributed by atoms with Gasteiger partial charge < -0.3 is 15.8 Å². The molecule has 2 atom stereocenters. The van der Waals surface area contributed by atoms with E-state index < -0.39 is 11.7 Å². The third-order valence-electron chi connectivity index (χ3n) is 4.06. The number of benzene rings is 1. The second kappa shape index (κ2) is 5.05. The largest absolute Gasteiger partial charge is 0.399 e. The number of carbonyl (C=O) groups is 1. The molecular formula is C15H19FN2O2. The molecule has 5 heteroatoms. The Bertz CT molecular complexity index is 543. The first kappa shape index (κ1) is 13.4. The summed E-state index contributed by atoms with van der Waals surface area (Å²) in [5.74, 6) is -0.354. The Kier molecular flexibility index (Phi) is 3.38. The van der Waals surface area contributed by atoms with Crippen LogP contribution in [0.5, 0.6) is 0 Å². The average molecular weight is 278 g/mol. The molecule has 1 aliphatic carbocycles. The molecule has 1 aliphatic heterocycles. The first-order valence-corrected chi connectivity index (χ1v) is 7.04. The van der Waals surface area contributed by atoms with Crippen LogP contribution in [-0.4, -0.2) is 24.7 Å². The Morgan fingerprint density at radius 1 is 1.40 bits per heavy atom. The summed E-state index contributed by atoms with van der Waals surface area (Å²) in [5, 5.41) is 2.90. The minimum absolute atomic E-state index is 0.0175. The van der Waals surface area contributed by atoms with Gasteiger partial charge in [-0.1, -0.05) is 0 Å². The lowest BCUT2D eigenvalue weighted by Gasteiger charge is -2.20. The fourth-order valence-electron chi connectivity index (χ4n) is 2.86. The lowest BCUT2D eigenvalue weighted by Crippen LogP contribution is -2.41. The molecule has 0 aromatic heterocycles. The third kappa shape index (κ3) is 2.50. The SMILES string of the molecule is Cc1cc(N)cc(C(=O)NC2CCOC2C2CC2)c1F. The Labute approximate surface area is 117 Å². The molecule has 1 amide bonds. The van der Waals surface area contributed by atoms with Crippen molar-refractivity contribution in [3.8, 4) is 0 Å². The first-order valence-electron chi connectivity index (χ1n) is 7.04. The number of halogens is 1. The van der Waals surface area contributed by atoms with Crippen LogP contribution >= 0.6 is 0 Å². The molecule has 1 heterocycles. The summed E-state index contributed by atoms with van der Waals surface area (Å²) in [5.41, 5.74) is 6.49. The number of amides is 1. The standard InChI is InChI=1S/C15H19FN2O2/c1-8-6-10(17)7-11(13(8)16)15(19)18-12-4-5-20-14(12)9-2-3-9/h6-7,9,12,14H,2-5,17H2,1H3,(H,18,19). The summed E-state index contributed by atoms with van der Waals surface area (Å²) < 4.78 is 19.7. The van der Waals surface area contributed by atoms with Crippen molar-refractivity contribution in [1.29, 1.82) is 0 Å². The molecule has 0 spiro atoms. The van der Waals surface area contributed by atoms with Crippen LogP contribution in [0.2, 0.25) is 0 Å². The molecule has 2 aliphatic rings. The number of nitrogens with one attached hydrogen (secondary N) is 1. The summed E-state index contributed by atoms with van der Waals surface area (Å²) in [6.45, 7) is 2.26. The predicted octanol–water partition coefficient (Wildman–Crippen LogP) is 2.01. The summed E-state index contributed by atoms with van der Waals surface area (Å²) in [4.78, 5) is 12.3. The van der Waals surface area contributed by atoms with Crippen molar-refractivity contribution in [3.05, 3.63) is 29.1 Å². The number of nitrogens with two attached hydrogens (primary N) is 1. The van der Waals surface area contributed by atoms with Crippen molar-refractivity contribution in [2.45, 2.75) is 38.3 Å². The Morgan fingerprint density at radius 3 is 2.85 bits per heavy atom. The van der Waals surface area contributed by atoms with Crippen LogP contribution in [0.15, 0.2) is 12.1 Å². The van der Waals surface area contributed by atoms with Gasteiger partial charge >= 0.3 is 0 Å². The van der Waals surface area contributed by atoms with E-state index in [4.69, 9.17) is 10.5 Å².